The fraction of sp³-hybridized carbons (Fsp3) is 0.462. The number of methoxy groups -OCH3 is 2. The summed E-state index contributed by atoms with van der Waals surface area (Å²) >= 11 is 0. The normalized spacial score (nSPS) is 16.8. The molecule has 0 bridgehead atoms. The lowest BCUT2D eigenvalue weighted by atomic mass is 9.64. The third-order valence-corrected chi connectivity index (χ3v) is 3.61. The van der Waals surface area contributed by atoms with Gasteiger partial charge in [0.25, 0.3) is 0 Å². The lowest BCUT2D eigenvalue weighted by Crippen LogP contribution is -2.42. The van der Waals surface area contributed by atoms with Crippen LogP contribution in [0.25, 0.3) is 0 Å². The van der Waals surface area contributed by atoms with Crippen LogP contribution in [0, 0.1) is 5.82 Å². The van der Waals surface area contributed by atoms with Crippen LogP contribution in [0.3, 0.4) is 0 Å². The van der Waals surface area contributed by atoms with Crippen molar-refractivity contribution in [2.45, 2.75) is 24.7 Å². The number of carbonyl (C=O) groups is 1. The molecule has 1 aliphatic rings. The van der Waals surface area contributed by atoms with Crippen LogP contribution in [0.4, 0.5) is 4.39 Å². The highest BCUT2D eigenvalue weighted by Gasteiger charge is 2.48. The number of hydrogen-bond acceptors (Lipinski definition) is 3. The first-order valence-electron chi connectivity index (χ1n) is 5.70. The van der Waals surface area contributed by atoms with Crippen LogP contribution < -0.4 is 9.47 Å². The molecule has 0 aromatic heterocycles. The van der Waals surface area contributed by atoms with Crippen molar-refractivity contribution in [2.24, 2.45) is 0 Å². The van der Waals surface area contributed by atoms with Crippen molar-refractivity contribution in [3.8, 4) is 11.5 Å². The van der Waals surface area contributed by atoms with E-state index in [1.54, 1.807) is 0 Å². The maximum absolute atomic E-state index is 13.6. The van der Waals surface area contributed by atoms with Gasteiger partial charge in [-0.3, -0.25) is 4.79 Å². The fourth-order valence-corrected chi connectivity index (χ4v) is 2.36. The van der Waals surface area contributed by atoms with Crippen molar-refractivity contribution in [1.82, 2.24) is 0 Å². The van der Waals surface area contributed by atoms with Crippen molar-refractivity contribution < 1.29 is 23.8 Å². The number of carboxylic acid groups (broad SMARTS) is 1. The van der Waals surface area contributed by atoms with Gasteiger partial charge < -0.3 is 14.6 Å². The molecule has 98 valence electrons. The highest BCUT2D eigenvalue weighted by molar-refractivity contribution is 5.84. The van der Waals surface area contributed by atoms with E-state index in [2.05, 4.69) is 0 Å². The van der Waals surface area contributed by atoms with E-state index in [9.17, 15) is 14.3 Å². The van der Waals surface area contributed by atoms with Crippen LogP contribution in [0.5, 0.6) is 11.5 Å². The van der Waals surface area contributed by atoms with Gasteiger partial charge in [-0.2, -0.15) is 0 Å². The number of ether oxygens (including phenoxy) is 2. The highest BCUT2D eigenvalue weighted by Crippen LogP contribution is 2.48. The summed E-state index contributed by atoms with van der Waals surface area (Å²) in [6.45, 7) is 0. The summed E-state index contributed by atoms with van der Waals surface area (Å²) < 4.78 is 23.6. The van der Waals surface area contributed by atoms with Gasteiger partial charge in [-0.1, -0.05) is 6.42 Å². The molecule has 0 aliphatic heterocycles. The van der Waals surface area contributed by atoms with Crippen molar-refractivity contribution >= 4 is 5.97 Å². The minimum Gasteiger partial charge on any atom is -0.496 e. The van der Waals surface area contributed by atoms with Gasteiger partial charge in [0.15, 0.2) is 11.6 Å². The Balaban J connectivity index is 2.58. The molecular formula is C13H15FO4. The molecule has 0 spiro atoms. The molecule has 1 aromatic rings. The Morgan fingerprint density at radius 3 is 2.28 bits per heavy atom. The Kier molecular flexibility index (Phi) is 3.15. The molecule has 0 unspecified atom stereocenters. The van der Waals surface area contributed by atoms with Crippen LogP contribution in [-0.4, -0.2) is 25.3 Å². The topological polar surface area (TPSA) is 55.8 Å². The molecule has 0 amide bonds. The average molecular weight is 254 g/mol. The maximum atomic E-state index is 13.6. The summed E-state index contributed by atoms with van der Waals surface area (Å²) in [5.74, 6) is -1.16. The van der Waals surface area contributed by atoms with Gasteiger partial charge in [0.2, 0.25) is 0 Å². The van der Waals surface area contributed by atoms with E-state index >= 15 is 0 Å². The Morgan fingerprint density at radius 2 is 1.89 bits per heavy atom. The summed E-state index contributed by atoms with van der Waals surface area (Å²) in [5, 5.41) is 9.40. The molecule has 0 saturated heterocycles. The zero-order valence-corrected chi connectivity index (χ0v) is 10.3. The second-order valence-electron chi connectivity index (χ2n) is 4.43. The van der Waals surface area contributed by atoms with Crippen molar-refractivity contribution in [3.05, 3.63) is 23.5 Å². The second-order valence-corrected chi connectivity index (χ2v) is 4.43. The molecule has 2 rings (SSSR count). The number of halogens is 1. The molecule has 1 aliphatic carbocycles. The molecule has 1 saturated carbocycles. The van der Waals surface area contributed by atoms with Crippen LogP contribution in [0.1, 0.15) is 24.8 Å². The zero-order chi connectivity index (χ0) is 13.3. The summed E-state index contributed by atoms with van der Waals surface area (Å²) in [6, 6.07) is 2.61. The molecule has 0 atom stereocenters. The molecule has 4 nitrogen and oxygen atoms in total. The second kappa shape index (κ2) is 4.48. The van der Waals surface area contributed by atoms with Gasteiger partial charge in [0.05, 0.1) is 19.6 Å². The predicted octanol–water partition coefficient (Wildman–Crippen LogP) is 2.35. The third kappa shape index (κ3) is 1.70. The number of rotatable bonds is 4. The largest absolute Gasteiger partial charge is 0.496 e. The summed E-state index contributed by atoms with van der Waals surface area (Å²) in [4.78, 5) is 11.5. The lowest BCUT2D eigenvalue weighted by Gasteiger charge is -2.38. The first-order valence-corrected chi connectivity index (χ1v) is 5.70. The predicted molar refractivity (Wildman–Crippen MR) is 62.7 cm³/mol. The van der Waals surface area contributed by atoms with Crippen LogP contribution in [0.15, 0.2) is 12.1 Å². The number of carboxylic acids is 1. The zero-order valence-electron chi connectivity index (χ0n) is 10.3. The number of aliphatic carboxylic acids is 1. The number of benzene rings is 1. The van der Waals surface area contributed by atoms with E-state index in [1.807, 2.05) is 0 Å². The van der Waals surface area contributed by atoms with Gasteiger partial charge in [-0.05, 0) is 18.9 Å². The van der Waals surface area contributed by atoms with Gasteiger partial charge in [-0.25, -0.2) is 4.39 Å². The van der Waals surface area contributed by atoms with Gasteiger partial charge in [0, 0.05) is 11.6 Å². The molecule has 1 fully saturated rings. The SMILES string of the molecule is COc1cc(C2(C(=O)O)CCC2)c(OC)cc1F. The molecule has 18 heavy (non-hydrogen) atoms. The maximum Gasteiger partial charge on any atom is 0.314 e. The minimum atomic E-state index is -0.966. The Bertz CT molecular complexity index is 480. The van der Waals surface area contributed by atoms with Crippen LogP contribution >= 0.6 is 0 Å². The van der Waals surface area contributed by atoms with E-state index in [0.717, 1.165) is 6.42 Å². The molecular weight excluding hydrogens is 239 g/mol. The van der Waals surface area contributed by atoms with E-state index in [0.29, 0.717) is 18.4 Å². The number of hydrogen-bond donors (Lipinski definition) is 1. The highest BCUT2D eigenvalue weighted by atomic mass is 19.1. The standard InChI is InChI=1S/C13H15FO4/c1-17-10-7-9(14)11(18-2)6-8(10)13(12(15)16)4-3-5-13/h6-7H,3-5H2,1-2H3,(H,15,16). The molecule has 1 aromatic carbocycles. The quantitative estimate of drug-likeness (QED) is 0.896. The minimum absolute atomic E-state index is 0.0401. The van der Waals surface area contributed by atoms with Crippen LogP contribution in [-0.2, 0) is 10.2 Å². The van der Waals surface area contributed by atoms with Crippen molar-refractivity contribution in [2.75, 3.05) is 14.2 Å². The van der Waals surface area contributed by atoms with E-state index in [-0.39, 0.29) is 11.5 Å². The Morgan fingerprint density at radius 1 is 1.28 bits per heavy atom. The van der Waals surface area contributed by atoms with E-state index < -0.39 is 17.2 Å². The first-order chi connectivity index (χ1) is 8.55. The van der Waals surface area contributed by atoms with Gasteiger partial charge >= 0.3 is 5.97 Å². The average Bonchev–Trinajstić information content (AvgIpc) is 2.28. The molecule has 0 heterocycles. The van der Waals surface area contributed by atoms with Gasteiger partial charge in [-0.15, -0.1) is 0 Å². The Labute approximate surface area is 104 Å². The Hall–Kier alpha value is -1.78. The monoisotopic (exact) mass is 254 g/mol. The smallest absolute Gasteiger partial charge is 0.314 e. The summed E-state index contributed by atoms with van der Waals surface area (Å²) in [6.07, 6.45) is 1.91. The third-order valence-electron chi connectivity index (χ3n) is 3.61. The van der Waals surface area contributed by atoms with E-state index in [1.165, 1.54) is 26.4 Å². The fourth-order valence-electron chi connectivity index (χ4n) is 2.36. The summed E-state index contributed by atoms with van der Waals surface area (Å²) in [7, 11) is 2.75. The van der Waals surface area contributed by atoms with Crippen LogP contribution in [0.2, 0.25) is 0 Å². The van der Waals surface area contributed by atoms with E-state index in [4.69, 9.17) is 9.47 Å². The van der Waals surface area contributed by atoms with Gasteiger partial charge in [0.1, 0.15) is 5.75 Å². The first kappa shape index (κ1) is 12.7. The van der Waals surface area contributed by atoms with Crippen molar-refractivity contribution in [1.29, 1.82) is 0 Å². The summed E-state index contributed by atoms with van der Waals surface area (Å²) in [5.41, 5.74) is -0.478. The molecule has 0 radical (unpaired) electrons. The lowest BCUT2D eigenvalue weighted by molar-refractivity contribution is -0.147. The molecule has 1 N–H and O–H groups in total. The molecule has 5 heteroatoms. The van der Waals surface area contributed by atoms with Crippen molar-refractivity contribution in [3.63, 3.8) is 0 Å².